The van der Waals surface area contributed by atoms with Crippen LogP contribution in [0.1, 0.15) is 18.4 Å². The van der Waals surface area contributed by atoms with Crippen LogP contribution in [0, 0.1) is 5.82 Å². The molecule has 2 aliphatic heterocycles. The van der Waals surface area contributed by atoms with Gasteiger partial charge in [0.15, 0.2) is 0 Å². The van der Waals surface area contributed by atoms with Crippen LogP contribution in [0.5, 0.6) is 0 Å². The Morgan fingerprint density at radius 3 is 2.52 bits per heavy atom. The second-order valence-corrected chi connectivity index (χ2v) is 6.93. The van der Waals surface area contributed by atoms with E-state index >= 15 is 0 Å². The van der Waals surface area contributed by atoms with E-state index in [2.05, 4.69) is 20.0 Å². The van der Waals surface area contributed by atoms with Crippen molar-refractivity contribution in [2.24, 2.45) is 0 Å². The van der Waals surface area contributed by atoms with Crippen LogP contribution in [0.2, 0.25) is 0 Å². The van der Waals surface area contributed by atoms with Crippen LogP contribution < -0.4 is 0 Å². The highest BCUT2D eigenvalue weighted by molar-refractivity contribution is 5.62. The molecule has 3 heterocycles. The van der Waals surface area contributed by atoms with E-state index in [1.54, 1.807) is 12.1 Å². The Kier molecular flexibility index (Phi) is 5.10. The first-order valence-corrected chi connectivity index (χ1v) is 9.12. The maximum Gasteiger partial charge on any atom is 0.123 e. The zero-order valence-corrected chi connectivity index (χ0v) is 14.5. The second-order valence-electron chi connectivity index (χ2n) is 6.93. The minimum atomic E-state index is -0.214. The van der Waals surface area contributed by atoms with Crippen molar-refractivity contribution in [2.75, 3.05) is 39.4 Å². The van der Waals surface area contributed by atoms with Gasteiger partial charge in [0.25, 0.3) is 0 Å². The number of hydrogen-bond acceptors (Lipinski definition) is 4. The van der Waals surface area contributed by atoms with E-state index in [0.29, 0.717) is 6.04 Å². The highest BCUT2D eigenvalue weighted by atomic mass is 19.1. The zero-order valence-electron chi connectivity index (χ0n) is 14.5. The lowest BCUT2D eigenvalue weighted by Crippen LogP contribution is -2.51. The summed E-state index contributed by atoms with van der Waals surface area (Å²) < 4.78 is 18.6. The number of piperazine rings is 1. The van der Waals surface area contributed by atoms with Crippen molar-refractivity contribution in [2.45, 2.75) is 25.4 Å². The van der Waals surface area contributed by atoms with Gasteiger partial charge in [-0.25, -0.2) is 4.39 Å². The molecule has 0 radical (unpaired) electrons. The fourth-order valence-corrected chi connectivity index (χ4v) is 3.88. The topological polar surface area (TPSA) is 44.4 Å². The second kappa shape index (κ2) is 7.64. The molecule has 0 atom stereocenters. The summed E-state index contributed by atoms with van der Waals surface area (Å²) in [5.74, 6) is -0.214. The van der Waals surface area contributed by atoms with Crippen LogP contribution in [0.15, 0.2) is 30.5 Å². The number of hydrogen-bond donors (Lipinski definition) is 1. The van der Waals surface area contributed by atoms with E-state index < -0.39 is 0 Å². The Hall–Kier alpha value is -1.76. The van der Waals surface area contributed by atoms with Gasteiger partial charge in [-0.1, -0.05) is 0 Å². The number of aromatic amines is 1. The lowest BCUT2D eigenvalue weighted by atomic mass is 10.1. The monoisotopic (exact) mass is 344 g/mol. The quantitative estimate of drug-likeness (QED) is 0.926. The summed E-state index contributed by atoms with van der Waals surface area (Å²) in [6.45, 7) is 7.08. The van der Waals surface area contributed by atoms with Gasteiger partial charge < -0.3 is 4.74 Å². The van der Waals surface area contributed by atoms with Gasteiger partial charge in [0, 0.05) is 63.1 Å². The molecule has 134 valence electrons. The third-order valence-corrected chi connectivity index (χ3v) is 5.36. The number of ether oxygens (including phenoxy) is 1. The molecule has 2 aliphatic rings. The van der Waals surface area contributed by atoms with Crippen LogP contribution in [-0.2, 0) is 11.3 Å². The largest absolute Gasteiger partial charge is 0.381 e. The van der Waals surface area contributed by atoms with Crippen LogP contribution in [0.4, 0.5) is 4.39 Å². The van der Waals surface area contributed by atoms with E-state index in [9.17, 15) is 4.39 Å². The molecular weight excluding hydrogens is 319 g/mol. The Labute approximate surface area is 147 Å². The number of benzene rings is 1. The number of halogens is 1. The SMILES string of the molecule is Fc1ccc(-c2[nH]ncc2CN2CCN(C3CCOCC3)CC2)cc1. The van der Waals surface area contributed by atoms with Crippen LogP contribution in [0.25, 0.3) is 11.3 Å². The molecule has 4 rings (SSSR count). The van der Waals surface area contributed by atoms with E-state index in [4.69, 9.17) is 4.74 Å². The summed E-state index contributed by atoms with van der Waals surface area (Å²) in [6.07, 6.45) is 4.22. The number of aromatic nitrogens is 2. The summed E-state index contributed by atoms with van der Waals surface area (Å²) in [5, 5.41) is 7.27. The molecule has 0 unspecified atom stereocenters. The smallest absolute Gasteiger partial charge is 0.123 e. The minimum Gasteiger partial charge on any atom is -0.381 e. The van der Waals surface area contributed by atoms with E-state index in [0.717, 1.165) is 70.0 Å². The predicted octanol–water partition coefficient (Wildman–Crippen LogP) is 2.51. The van der Waals surface area contributed by atoms with Gasteiger partial charge in [-0.15, -0.1) is 0 Å². The van der Waals surface area contributed by atoms with Crippen molar-refractivity contribution in [1.29, 1.82) is 0 Å². The number of rotatable bonds is 4. The molecule has 1 aromatic heterocycles. The molecule has 25 heavy (non-hydrogen) atoms. The summed E-state index contributed by atoms with van der Waals surface area (Å²) in [5.41, 5.74) is 3.15. The third kappa shape index (κ3) is 3.92. The van der Waals surface area contributed by atoms with Gasteiger partial charge in [-0.3, -0.25) is 14.9 Å². The maximum atomic E-state index is 13.1. The first-order chi connectivity index (χ1) is 12.3. The molecule has 0 bridgehead atoms. The summed E-state index contributed by atoms with van der Waals surface area (Å²) in [4.78, 5) is 5.10. The molecule has 0 aliphatic carbocycles. The number of nitrogens with zero attached hydrogens (tertiary/aromatic N) is 3. The Morgan fingerprint density at radius 2 is 1.80 bits per heavy atom. The molecule has 1 aromatic carbocycles. The van der Waals surface area contributed by atoms with Crippen LogP contribution >= 0.6 is 0 Å². The van der Waals surface area contributed by atoms with Crippen LogP contribution in [0.3, 0.4) is 0 Å². The van der Waals surface area contributed by atoms with Gasteiger partial charge in [-0.05, 0) is 37.1 Å². The molecule has 0 amide bonds. The molecule has 2 fully saturated rings. The van der Waals surface area contributed by atoms with Crippen molar-refractivity contribution in [1.82, 2.24) is 20.0 Å². The van der Waals surface area contributed by atoms with Gasteiger partial charge in [-0.2, -0.15) is 5.10 Å². The Bertz CT molecular complexity index is 673. The highest BCUT2D eigenvalue weighted by Gasteiger charge is 2.25. The molecule has 5 nitrogen and oxygen atoms in total. The summed E-state index contributed by atoms with van der Waals surface area (Å²) in [6, 6.07) is 7.28. The molecular formula is C19H25FN4O. The van der Waals surface area contributed by atoms with E-state index in [1.807, 2.05) is 6.20 Å². The lowest BCUT2D eigenvalue weighted by Gasteiger charge is -2.40. The van der Waals surface area contributed by atoms with Gasteiger partial charge >= 0.3 is 0 Å². The molecule has 0 spiro atoms. The van der Waals surface area contributed by atoms with Gasteiger partial charge in [0.05, 0.1) is 11.9 Å². The van der Waals surface area contributed by atoms with Crippen LogP contribution in [-0.4, -0.2) is 65.4 Å². The van der Waals surface area contributed by atoms with E-state index in [1.165, 1.54) is 17.7 Å². The Morgan fingerprint density at radius 1 is 1.08 bits per heavy atom. The average molecular weight is 344 g/mol. The highest BCUT2D eigenvalue weighted by Crippen LogP contribution is 2.23. The summed E-state index contributed by atoms with van der Waals surface area (Å²) >= 11 is 0. The van der Waals surface area contributed by atoms with Gasteiger partial charge in [0.1, 0.15) is 5.82 Å². The lowest BCUT2D eigenvalue weighted by molar-refractivity contribution is 0.0126. The fourth-order valence-electron chi connectivity index (χ4n) is 3.88. The minimum absolute atomic E-state index is 0.214. The van der Waals surface area contributed by atoms with E-state index in [-0.39, 0.29) is 5.82 Å². The zero-order chi connectivity index (χ0) is 17.1. The normalized spacial score (nSPS) is 20.8. The van der Waals surface area contributed by atoms with Gasteiger partial charge in [0.2, 0.25) is 0 Å². The van der Waals surface area contributed by atoms with Crippen molar-refractivity contribution >= 4 is 0 Å². The standard InChI is InChI=1S/C19H25FN4O/c20-17-3-1-15(2-4-17)19-16(13-21-22-19)14-23-7-9-24(10-8-23)18-5-11-25-12-6-18/h1-4,13,18H,5-12,14H2,(H,21,22). The first kappa shape index (κ1) is 16.7. The molecule has 0 saturated carbocycles. The van der Waals surface area contributed by atoms with Crippen molar-refractivity contribution in [3.05, 3.63) is 41.8 Å². The molecule has 2 saturated heterocycles. The first-order valence-electron chi connectivity index (χ1n) is 9.12. The number of H-pyrrole nitrogens is 1. The molecule has 6 heteroatoms. The average Bonchev–Trinajstić information content (AvgIpc) is 3.12. The van der Waals surface area contributed by atoms with Crippen molar-refractivity contribution in [3.63, 3.8) is 0 Å². The predicted molar refractivity (Wildman–Crippen MR) is 94.7 cm³/mol. The van der Waals surface area contributed by atoms with Crippen molar-refractivity contribution < 1.29 is 9.13 Å². The summed E-state index contributed by atoms with van der Waals surface area (Å²) in [7, 11) is 0. The molecule has 2 aromatic rings. The fraction of sp³-hybridized carbons (Fsp3) is 0.526. The maximum absolute atomic E-state index is 13.1. The Balaban J connectivity index is 1.36. The van der Waals surface area contributed by atoms with Crippen molar-refractivity contribution in [3.8, 4) is 11.3 Å². The third-order valence-electron chi connectivity index (χ3n) is 5.36. The number of nitrogens with one attached hydrogen (secondary N) is 1. The molecule has 1 N–H and O–H groups in total.